The molecule has 6 heteroatoms. The number of para-hydroxylation sites is 1. The molecule has 0 saturated carbocycles. The van der Waals surface area contributed by atoms with Gasteiger partial charge in [-0.05, 0) is 12.1 Å². The van der Waals surface area contributed by atoms with Crippen LogP contribution in [0.1, 0.15) is 10.4 Å². The van der Waals surface area contributed by atoms with Gasteiger partial charge in [0.25, 0.3) is 10.1 Å². The Morgan fingerprint density at radius 2 is 2.00 bits per heavy atom. The van der Waals surface area contributed by atoms with Crippen LogP contribution < -0.4 is 5.32 Å². The Morgan fingerprint density at radius 3 is 2.50 bits per heavy atom. The first-order valence-electron chi connectivity index (χ1n) is 4.38. The third-order valence-corrected chi connectivity index (χ3v) is 2.87. The third-order valence-electron chi connectivity index (χ3n) is 1.92. The maximum absolute atomic E-state index is 10.9. The normalized spacial score (nSPS) is 12.8. The van der Waals surface area contributed by atoms with E-state index in [1.165, 1.54) is 12.1 Å². The highest BCUT2D eigenvalue weighted by Crippen LogP contribution is 2.15. The molecule has 0 spiro atoms. The lowest BCUT2D eigenvalue weighted by atomic mass is 10.2. The van der Waals surface area contributed by atoms with E-state index in [0.717, 1.165) is 6.08 Å². The molecule has 0 aliphatic carbocycles. The molecule has 0 aliphatic rings. The van der Waals surface area contributed by atoms with Crippen molar-refractivity contribution in [3.63, 3.8) is 0 Å². The van der Waals surface area contributed by atoms with Crippen LogP contribution in [0.25, 0.3) is 0 Å². The second kappa shape index (κ2) is 4.91. The van der Waals surface area contributed by atoms with Crippen LogP contribution in [0.3, 0.4) is 0 Å². The molecule has 1 rings (SSSR count). The Labute approximate surface area is 93.5 Å². The molecule has 1 aromatic carbocycles. The highest BCUT2D eigenvalue weighted by Gasteiger charge is 2.19. The molecule has 16 heavy (non-hydrogen) atoms. The van der Waals surface area contributed by atoms with E-state index in [1.54, 1.807) is 12.1 Å². The fraction of sp³-hybridized carbons (Fsp3) is 0.100. The van der Waals surface area contributed by atoms with Gasteiger partial charge in [-0.25, -0.2) is 0 Å². The SMILES string of the molecule is C=CC(Nc1ccccc1C=O)S(=O)(=O)O. The fourth-order valence-electron chi connectivity index (χ4n) is 1.14. The summed E-state index contributed by atoms with van der Waals surface area (Å²) in [5.74, 6) is 0. The molecule has 0 aromatic heterocycles. The number of benzene rings is 1. The van der Waals surface area contributed by atoms with Gasteiger partial charge in [0.1, 0.15) is 0 Å². The number of carbonyl (C=O) groups excluding carboxylic acids is 1. The molecule has 0 bridgehead atoms. The first kappa shape index (κ1) is 12.4. The standard InChI is InChI=1S/C10H11NO4S/c1-2-10(16(13,14)15)11-9-6-4-3-5-8(9)7-12/h2-7,10-11H,1H2,(H,13,14,15). The van der Waals surface area contributed by atoms with Gasteiger partial charge in [-0.1, -0.05) is 24.8 Å². The lowest BCUT2D eigenvalue weighted by Crippen LogP contribution is -2.27. The summed E-state index contributed by atoms with van der Waals surface area (Å²) in [6.07, 6.45) is 1.63. The van der Waals surface area contributed by atoms with Crippen molar-refractivity contribution in [2.75, 3.05) is 5.32 Å². The van der Waals surface area contributed by atoms with E-state index in [4.69, 9.17) is 4.55 Å². The summed E-state index contributed by atoms with van der Waals surface area (Å²) in [7, 11) is -4.28. The minimum atomic E-state index is -4.28. The Hall–Kier alpha value is -1.66. The maximum atomic E-state index is 10.9. The van der Waals surface area contributed by atoms with E-state index in [1.807, 2.05) is 0 Å². The molecule has 5 nitrogen and oxygen atoms in total. The van der Waals surface area contributed by atoms with Gasteiger partial charge in [0.15, 0.2) is 11.7 Å². The fourth-order valence-corrected chi connectivity index (χ4v) is 1.66. The Kier molecular flexibility index (Phi) is 3.81. The predicted octanol–water partition coefficient (Wildman–Crippen LogP) is 1.31. The van der Waals surface area contributed by atoms with Gasteiger partial charge in [-0.3, -0.25) is 9.35 Å². The van der Waals surface area contributed by atoms with Crippen molar-refractivity contribution < 1.29 is 17.8 Å². The first-order valence-corrected chi connectivity index (χ1v) is 5.89. The van der Waals surface area contributed by atoms with Gasteiger partial charge >= 0.3 is 0 Å². The molecule has 0 amide bonds. The van der Waals surface area contributed by atoms with Crippen molar-refractivity contribution in [2.24, 2.45) is 0 Å². The second-order valence-electron chi connectivity index (χ2n) is 3.02. The number of hydrogen-bond donors (Lipinski definition) is 2. The number of nitrogens with one attached hydrogen (secondary N) is 1. The number of aldehydes is 1. The zero-order chi connectivity index (χ0) is 12.2. The highest BCUT2D eigenvalue weighted by molar-refractivity contribution is 7.86. The van der Waals surface area contributed by atoms with Gasteiger partial charge in [0.05, 0.1) is 0 Å². The van der Waals surface area contributed by atoms with Crippen LogP contribution in [-0.4, -0.2) is 24.6 Å². The van der Waals surface area contributed by atoms with Crippen LogP contribution in [-0.2, 0) is 10.1 Å². The van der Waals surface area contributed by atoms with Crippen molar-refractivity contribution in [1.82, 2.24) is 0 Å². The summed E-state index contributed by atoms with van der Waals surface area (Å²) in [5.41, 5.74) is 0.623. The molecule has 1 aromatic rings. The summed E-state index contributed by atoms with van der Waals surface area (Å²) < 4.78 is 30.7. The van der Waals surface area contributed by atoms with Crippen LogP contribution in [0.2, 0.25) is 0 Å². The second-order valence-corrected chi connectivity index (χ2v) is 4.56. The molecule has 1 atom stereocenters. The largest absolute Gasteiger partial charge is 0.363 e. The molecule has 0 saturated heterocycles. The van der Waals surface area contributed by atoms with Gasteiger partial charge in [0, 0.05) is 11.3 Å². The highest BCUT2D eigenvalue weighted by atomic mass is 32.2. The Balaban J connectivity index is 3.03. The summed E-state index contributed by atoms with van der Waals surface area (Å²) in [6.45, 7) is 3.29. The minimum absolute atomic E-state index is 0.304. The molecule has 0 fully saturated rings. The molecule has 0 radical (unpaired) electrons. The van der Waals surface area contributed by atoms with E-state index in [9.17, 15) is 13.2 Å². The van der Waals surface area contributed by atoms with E-state index >= 15 is 0 Å². The predicted molar refractivity (Wildman–Crippen MR) is 61.0 cm³/mol. The first-order chi connectivity index (χ1) is 7.49. The van der Waals surface area contributed by atoms with Crippen molar-refractivity contribution >= 4 is 22.1 Å². The lowest BCUT2D eigenvalue weighted by molar-refractivity contribution is 0.112. The monoisotopic (exact) mass is 241 g/mol. The average Bonchev–Trinajstić information content (AvgIpc) is 2.24. The smallest absolute Gasteiger partial charge is 0.289 e. The van der Waals surface area contributed by atoms with Gasteiger partial charge < -0.3 is 5.32 Å². The molecule has 0 aliphatic heterocycles. The molecular weight excluding hydrogens is 230 g/mol. The molecule has 0 heterocycles. The summed E-state index contributed by atoms with van der Waals surface area (Å²) in [6, 6.07) is 6.34. The van der Waals surface area contributed by atoms with Crippen molar-refractivity contribution in [1.29, 1.82) is 0 Å². The summed E-state index contributed by atoms with van der Waals surface area (Å²) >= 11 is 0. The topological polar surface area (TPSA) is 83.5 Å². The van der Waals surface area contributed by atoms with E-state index in [-0.39, 0.29) is 0 Å². The zero-order valence-electron chi connectivity index (χ0n) is 8.33. The molecule has 1 unspecified atom stereocenters. The number of anilines is 1. The Bertz CT molecular complexity index is 495. The van der Waals surface area contributed by atoms with Crippen LogP contribution in [0.15, 0.2) is 36.9 Å². The van der Waals surface area contributed by atoms with Crippen LogP contribution in [0.5, 0.6) is 0 Å². The molecule has 2 N–H and O–H groups in total. The van der Waals surface area contributed by atoms with Crippen molar-refractivity contribution in [3.05, 3.63) is 42.5 Å². The van der Waals surface area contributed by atoms with Crippen molar-refractivity contribution in [2.45, 2.75) is 5.37 Å². The zero-order valence-corrected chi connectivity index (χ0v) is 9.15. The Morgan fingerprint density at radius 1 is 1.38 bits per heavy atom. The summed E-state index contributed by atoms with van der Waals surface area (Å²) in [4.78, 5) is 10.7. The average molecular weight is 241 g/mol. The minimum Gasteiger partial charge on any atom is -0.363 e. The van der Waals surface area contributed by atoms with E-state index < -0.39 is 15.5 Å². The number of hydrogen-bond acceptors (Lipinski definition) is 4. The number of rotatable bonds is 5. The van der Waals surface area contributed by atoms with Crippen LogP contribution in [0, 0.1) is 0 Å². The molecule has 86 valence electrons. The van der Waals surface area contributed by atoms with E-state index in [0.29, 0.717) is 17.5 Å². The quantitative estimate of drug-likeness (QED) is 0.461. The summed E-state index contributed by atoms with van der Waals surface area (Å²) in [5, 5.41) is 1.16. The number of carbonyl (C=O) groups is 1. The van der Waals surface area contributed by atoms with Gasteiger partial charge in [0.2, 0.25) is 0 Å². The van der Waals surface area contributed by atoms with Gasteiger partial charge in [-0.2, -0.15) is 8.42 Å². The van der Waals surface area contributed by atoms with Crippen LogP contribution >= 0.6 is 0 Å². The van der Waals surface area contributed by atoms with Crippen LogP contribution in [0.4, 0.5) is 5.69 Å². The lowest BCUT2D eigenvalue weighted by Gasteiger charge is -2.14. The third kappa shape index (κ3) is 2.91. The van der Waals surface area contributed by atoms with Gasteiger partial charge in [-0.15, -0.1) is 0 Å². The van der Waals surface area contributed by atoms with E-state index in [2.05, 4.69) is 11.9 Å². The van der Waals surface area contributed by atoms with Crippen molar-refractivity contribution in [3.8, 4) is 0 Å². The molecular formula is C10H11NO4S. The maximum Gasteiger partial charge on any atom is 0.289 e.